The Morgan fingerprint density at radius 2 is 1.67 bits per heavy atom. The summed E-state index contributed by atoms with van der Waals surface area (Å²) in [6.07, 6.45) is 1.05. The van der Waals surface area contributed by atoms with Crippen molar-refractivity contribution in [1.29, 1.82) is 0 Å². The predicted molar refractivity (Wildman–Crippen MR) is 92.1 cm³/mol. The third-order valence-electron chi connectivity index (χ3n) is 3.24. The van der Waals surface area contributed by atoms with Crippen LogP contribution in [0.2, 0.25) is 5.02 Å². The molecule has 0 aliphatic heterocycles. The highest BCUT2D eigenvalue weighted by atomic mass is 35.5. The van der Waals surface area contributed by atoms with Gasteiger partial charge in [0.1, 0.15) is 16.4 Å². The van der Waals surface area contributed by atoms with Crippen LogP contribution in [0.15, 0.2) is 41.3 Å². The Morgan fingerprint density at radius 1 is 1.04 bits per heavy atom. The molecule has 1 amide bonds. The lowest BCUT2D eigenvalue weighted by atomic mass is 10.2. The van der Waals surface area contributed by atoms with Crippen LogP contribution < -0.4 is 14.8 Å². The molecule has 0 heterocycles. The Hall–Kier alpha value is -2.25. The number of sulfone groups is 1. The average molecular weight is 370 g/mol. The summed E-state index contributed by atoms with van der Waals surface area (Å²) in [6, 6.07) is 8.96. The van der Waals surface area contributed by atoms with Gasteiger partial charge in [0.2, 0.25) is 0 Å². The van der Waals surface area contributed by atoms with Gasteiger partial charge in [0.05, 0.1) is 19.9 Å². The molecule has 2 rings (SSSR count). The Labute approximate surface area is 145 Å². The van der Waals surface area contributed by atoms with E-state index in [4.69, 9.17) is 21.1 Å². The first kappa shape index (κ1) is 18.1. The van der Waals surface area contributed by atoms with Crippen molar-refractivity contribution in [2.75, 3.05) is 25.8 Å². The van der Waals surface area contributed by atoms with E-state index in [2.05, 4.69) is 5.32 Å². The Kier molecular flexibility index (Phi) is 5.36. The number of amides is 1. The van der Waals surface area contributed by atoms with Crippen LogP contribution >= 0.6 is 11.6 Å². The summed E-state index contributed by atoms with van der Waals surface area (Å²) in [5.74, 6) is 0.113. The predicted octanol–water partition coefficient (Wildman–Crippen LogP) is 3.01. The summed E-state index contributed by atoms with van der Waals surface area (Å²) in [7, 11) is -0.717. The van der Waals surface area contributed by atoms with E-state index in [-0.39, 0.29) is 16.2 Å². The number of hydrogen-bond donors (Lipinski definition) is 1. The van der Waals surface area contributed by atoms with Gasteiger partial charge in [-0.2, -0.15) is 0 Å². The molecule has 0 fully saturated rings. The molecule has 1 N–H and O–H groups in total. The standard InChI is InChI=1S/C16H16ClNO5S/c1-22-13-7-5-11(17)9-12(13)18-16(19)10-4-6-14(23-2)15(8-10)24(3,20)21/h4-9H,1-3H3,(H,18,19). The monoisotopic (exact) mass is 369 g/mol. The van der Waals surface area contributed by atoms with Crippen molar-refractivity contribution >= 4 is 33.0 Å². The van der Waals surface area contributed by atoms with Crippen LogP contribution in [-0.2, 0) is 9.84 Å². The fraction of sp³-hybridized carbons (Fsp3) is 0.188. The Balaban J connectivity index is 2.39. The van der Waals surface area contributed by atoms with Crippen LogP contribution in [0.3, 0.4) is 0 Å². The normalized spacial score (nSPS) is 11.0. The molecule has 0 radical (unpaired) electrons. The zero-order valence-electron chi connectivity index (χ0n) is 13.3. The number of halogens is 1. The number of carbonyl (C=O) groups excluding carboxylic acids is 1. The second-order valence-electron chi connectivity index (χ2n) is 4.94. The van der Waals surface area contributed by atoms with E-state index >= 15 is 0 Å². The van der Waals surface area contributed by atoms with Crippen LogP contribution in [0.5, 0.6) is 11.5 Å². The fourth-order valence-electron chi connectivity index (χ4n) is 2.08. The van der Waals surface area contributed by atoms with Crippen LogP contribution in [0.4, 0.5) is 5.69 Å². The molecular weight excluding hydrogens is 354 g/mol. The van der Waals surface area contributed by atoms with Gasteiger partial charge in [-0.25, -0.2) is 8.42 Å². The highest BCUT2D eigenvalue weighted by Crippen LogP contribution is 2.29. The molecule has 6 nitrogen and oxygen atoms in total. The number of benzene rings is 2. The third kappa shape index (κ3) is 3.98. The van der Waals surface area contributed by atoms with E-state index in [0.29, 0.717) is 16.5 Å². The second-order valence-corrected chi connectivity index (χ2v) is 7.36. The molecule has 0 bridgehead atoms. The van der Waals surface area contributed by atoms with E-state index in [1.165, 1.54) is 32.4 Å². The largest absolute Gasteiger partial charge is 0.495 e. The minimum absolute atomic E-state index is 0.0595. The van der Waals surface area contributed by atoms with Gasteiger partial charge in [-0.3, -0.25) is 4.79 Å². The molecule has 24 heavy (non-hydrogen) atoms. The minimum atomic E-state index is -3.54. The zero-order valence-corrected chi connectivity index (χ0v) is 14.9. The number of rotatable bonds is 5. The zero-order chi connectivity index (χ0) is 17.9. The summed E-state index contributed by atoms with van der Waals surface area (Å²) in [5, 5.41) is 3.08. The third-order valence-corrected chi connectivity index (χ3v) is 4.59. The number of anilines is 1. The molecule has 2 aromatic carbocycles. The van der Waals surface area contributed by atoms with Crippen molar-refractivity contribution in [3.05, 3.63) is 47.0 Å². The Bertz CT molecular complexity index is 880. The van der Waals surface area contributed by atoms with E-state index in [1.807, 2.05) is 0 Å². The molecule has 0 aliphatic carbocycles. The molecule has 0 saturated carbocycles. The number of nitrogens with one attached hydrogen (secondary N) is 1. The lowest BCUT2D eigenvalue weighted by molar-refractivity contribution is 0.102. The molecule has 128 valence electrons. The summed E-state index contributed by atoms with van der Waals surface area (Å²) in [6.45, 7) is 0. The Morgan fingerprint density at radius 3 is 2.25 bits per heavy atom. The van der Waals surface area contributed by atoms with Crippen molar-refractivity contribution in [3.63, 3.8) is 0 Å². The molecule has 0 saturated heterocycles. The first-order valence-corrected chi connectivity index (χ1v) is 9.06. The summed E-state index contributed by atoms with van der Waals surface area (Å²) >= 11 is 5.93. The van der Waals surface area contributed by atoms with Crippen molar-refractivity contribution < 1.29 is 22.7 Å². The molecule has 0 aromatic heterocycles. The smallest absolute Gasteiger partial charge is 0.255 e. The number of hydrogen-bond acceptors (Lipinski definition) is 5. The van der Waals surface area contributed by atoms with Gasteiger partial charge in [-0.1, -0.05) is 11.6 Å². The highest BCUT2D eigenvalue weighted by Gasteiger charge is 2.18. The molecular formula is C16H16ClNO5S. The minimum Gasteiger partial charge on any atom is -0.495 e. The maximum atomic E-state index is 12.4. The molecule has 2 aromatic rings. The first-order chi connectivity index (χ1) is 11.3. The van der Waals surface area contributed by atoms with Gasteiger partial charge < -0.3 is 14.8 Å². The second kappa shape index (κ2) is 7.11. The van der Waals surface area contributed by atoms with Crippen molar-refractivity contribution in [3.8, 4) is 11.5 Å². The molecule has 0 spiro atoms. The van der Waals surface area contributed by atoms with E-state index < -0.39 is 15.7 Å². The van der Waals surface area contributed by atoms with E-state index in [9.17, 15) is 13.2 Å². The number of methoxy groups -OCH3 is 2. The van der Waals surface area contributed by atoms with Crippen molar-refractivity contribution in [1.82, 2.24) is 0 Å². The lowest BCUT2D eigenvalue weighted by Gasteiger charge is -2.12. The van der Waals surface area contributed by atoms with Gasteiger partial charge in [-0.15, -0.1) is 0 Å². The molecule has 0 atom stereocenters. The molecule has 8 heteroatoms. The lowest BCUT2D eigenvalue weighted by Crippen LogP contribution is -2.14. The average Bonchev–Trinajstić information content (AvgIpc) is 2.53. The van der Waals surface area contributed by atoms with Gasteiger partial charge >= 0.3 is 0 Å². The maximum Gasteiger partial charge on any atom is 0.255 e. The van der Waals surface area contributed by atoms with Crippen LogP contribution in [0.1, 0.15) is 10.4 Å². The van der Waals surface area contributed by atoms with Crippen LogP contribution in [-0.4, -0.2) is 34.8 Å². The topological polar surface area (TPSA) is 81.7 Å². The maximum absolute atomic E-state index is 12.4. The summed E-state index contributed by atoms with van der Waals surface area (Å²) < 4.78 is 33.9. The van der Waals surface area contributed by atoms with E-state index in [0.717, 1.165) is 6.26 Å². The van der Waals surface area contributed by atoms with Crippen LogP contribution in [0, 0.1) is 0 Å². The van der Waals surface area contributed by atoms with Crippen molar-refractivity contribution in [2.24, 2.45) is 0 Å². The van der Waals surface area contributed by atoms with Gasteiger partial charge in [0.15, 0.2) is 9.84 Å². The summed E-state index contributed by atoms with van der Waals surface area (Å²) in [5.41, 5.74) is 0.546. The van der Waals surface area contributed by atoms with Crippen LogP contribution in [0.25, 0.3) is 0 Å². The highest BCUT2D eigenvalue weighted by molar-refractivity contribution is 7.90. The fourth-order valence-corrected chi connectivity index (χ4v) is 3.11. The van der Waals surface area contributed by atoms with E-state index in [1.54, 1.807) is 18.2 Å². The SMILES string of the molecule is COc1ccc(Cl)cc1NC(=O)c1ccc(OC)c(S(C)(=O)=O)c1. The van der Waals surface area contributed by atoms with Gasteiger partial charge in [-0.05, 0) is 36.4 Å². The number of ether oxygens (including phenoxy) is 2. The summed E-state index contributed by atoms with van der Waals surface area (Å²) in [4.78, 5) is 12.4. The molecule has 0 aliphatic rings. The molecule has 0 unspecified atom stereocenters. The number of carbonyl (C=O) groups is 1. The first-order valence-electron chi connectivity index (χ1n) is 6.79. The van der Waals surface area contributed by atoms with Gasteiger partial charge in [0, 0.05) is 16.8 Å². The quantitative estimate of drug-likeness (QED) is 0.876. The van der Waals surface area contributed by atoms with Crippen molar-refractivity contribution in [2.45, 2.75) is 4.90 Å². The van der Waals surface area contributed by atoms with Gasteiger partial charge in [0.25, 0.3) is 5.91 Å².